The lowest BCUT2D eigenvalue weighted by Crippen LogP contribution is -2.51. The summed E-state index contributed by atoms with van der Waals surface area (Å²) >= 11 is 10.8. The van der Waals surface area contributed by atoms with Crippen molar-refractivity contribution in [2.75, 3.05) is 0 Å². The molecule has 7 heteroatoms. The molecule has 1 aliphatic heterocycles. The van der Waals surface area contributed by atoms with Gasteiger partial charge in [0.1, 0.15) is 5.57 Å². The van der Waals surface area contributed by atoms with Crippen molar-refractivity contribution in [3.63, 3.8) is 0 Å². The Morgan fingerprint density at radius 3 is 2.15 bits per heavy atom. The average molecular weight is 397 g/mol. The number of nitrogens with one attached hydrogen (secondary N) is 2. The van der Waals surface area contributed by atoms with Gasteiger partial charge in [-0.05, 0) is 47.6 Å². The molecule has 2 amide bonds. The number of amides is 2. The van der Waals surface area contributed by atoms with E-state index in [0.717, 1.165) is 5.56 Å². The summed E-state index contributed by atoms with van der Waals surface area (Å²) in [5.74, 6) is -1.28. The van der Waals surface area contributed by atoms with Gasteiger partial charge in [0.15, 0.2) is 10.9 Å². The van der Waals surface area contributed by atoms with E-state index in [0.29, 0.717) is 16.1 Å². The number of hydrogen-bond acceptors (Lipinski definition) is 4. The lowest BCUT2D eigenvalue weighted by molar-refractivity contribution is -0.123. The number of benzene rings is 2. The van der Waals surface area contributed by atoms with Crippen LogP contribution in [-0.4, -0.2) is 22.7 Å². The topological polar surface area (TPSA) is 75.3 Å². The largest absolute Gasteiger partial charge is 0.299 e. The quantitative estimate of drug-likeness (QED) is 0.360. The number of thiocarbonyl (C=S) groups is 1. The van der Waals surface area contributed by atoms with Crippen molar-refractivity contribution in [3.05, 3.63) is 81.9 Å². The van der Waals surface area contributed by atoms with E-state index in [2.05, 4.69) is 10.6 Å². The van der Waals surface area contributed by atoms with Crippen LogP contribution in [0.15, 0.2) is 60.2 Å². The SMILES string of the molecule is O=C1NC(=S)NC(=O)C1=Cc1ccc(/C=C/C(=O)c2ccccc2Cl)cc1. The molecule has 0 spiro atoms. The molecule has 0 saturated carbocycles. The molecule has 134 valence electrons. The minimum Gasteiger partial charge on any atom is -0.299 e. The highest BCUT2D eigenvalue weighted by Crippen LogP contribution is 2.17. The second-order valence-electron chi connectivity index (χ2n) is 5.64. The van der Waals surface area contributed by atoms with E-state index < -0.39 is 11.8 Å². The Bertz CT molecular complexity index is 988. The minimum atomic E-state index is -0.543. The van der Waals surface area contributed by atoms with E-state index in [1.807, 2.05) is 0 Å². The van der Waals surface area contributed by atoms with Crippen LogP contribution in [0, 0.1) is 0 Å². The maximum absolute atomic E-state index is 12.2. The second kappa shape index (κ2) is 8.07. The summed E-state index contributed by atoms with van der Waals surface area (Å²) in [5, 5.41) is 5.15. The van der Waals surface area contributed by atoms with Crippen LogP contribution in [-0.2, 0) is 9.59 Å². The molecule has 0 bridgehead atoms. The molecule has 2 N–H and O–H groups in total. The third-order valence-corrected chi connectivity index (χ3v) is 4.29. The van der Waals surface area contributed by atoms with Crippen LogP contribution in [0.2, 0.25) is 5.02 Å². The normalized spacial score (nSPS) is 14.1. The molecule has 5 nitrogen and oxygen atoms in total. The van der Waals surface area contributed by atoms with Crippen molar-refractivity contribution in [2.24, 2.45) is 0 Å². The Labute approximate surface area is 165 Å². The Morgan fingerprint density at radius 2 is 1.52 bits per heavy atom. The van der Waals surface area contributed by atoms with Crippen LogP contribution < -0.4 is 10.6 Å². The molecule has 2 aromatic carbocycles. The summed E-state index contributed by atoms with van der Waals surface area (Å²) in [4.78, 5) is 35.9. The van der Waals surface area contributed by atoms with Crippen molar-refractivity contribution in [2.45, 2.75) is 0 Å². The van der Waals surface area contributed by atoms with E-state index in [9.17, 15) is 14.4 Å². The first-order valence-electron chi connectivity index (χ1n) is 7.89. The Balaban J connectivity index is 1.74. The highest BCUT2D eigenvalue weighted by molar-refractivity contribution is 7.80. The number of rotatable bonds is 4. The molecule has 1 aliphatic rings. The van der Waals surface area contributed by atoms with Gasteiger partial charge in [-0.15, -0.1) is 0 Å². The van der Waals surface area contributed by atoms with Crippen molar-refractivity contribution in [1.82, 2.24) is 10.6 Å². The molecule has 0 aliphatic carbocycles. The van der Waals surface area contributed by atoms with Crippen LogP contribution in [0.4, 0.5) is 0 Å². The third kappa shape index (κ3) is 4.55. The summed E-state index contributed by atoms with van der Waals surface area (Å²) in [7, 11) is 0. The van der Waals surface area contributed by atoms with E-state index in [1.165, 1.54) is 12.2 Å². The second-order valence-corrected chi connectivity index (χ2v) is 6.45. The van der Waals surface area contributed by atoms with Gasteiger partial charge in [0, 0.05) is 5.56 Å². The molecular formula is C20H13ClN2O3S. The predicted molar refractivity (Wildman–Crippen MR) is 108 cm³/mol. The molecule has 2 aromatic rings. The Kier molecular flexibility index (Phi) is 5.59. The van der Waals surface area contributed by atoms with Gasteiger partial charge >= 0.3 is 0 Å². The summed E-state index contributed by atoms with van der Waals surface area (Å²) in [6.45, 7) is 0. The smallest absolute Gasteiger partial charge is 0.263 e. The molecule has 0 aromatic heterocycles. The Morgan fingerprint density at radius 1 is 0.926 bits per heavy atom. The number of halogens is 1. The number of carbonyl (C=O) groups excluding carboxylic acids is 3. The van der Waals surface area contributed by atoms with Gasteiger partial charge in [-0.2, -0.15) is 0 Å². The van der Waals surface area contributed by atoms with E-state index in [-0.39, 0.29) is 16.5 Å². The zero-order valence-electron chi connectivity index (χ0n) is 13.9. The summed E-state index contributed by atoms with van der Waals surface area (Å²) in [6.07, 6.45) is 4.58. The van der Waals surface area contributed by atoms with Crippen LogP contribution in [0.5, 0.6) is 0 Å². The predicted octanol–water partition coefficient (Wildman–Crippen LogP) is 3.15. The lowest BCUT2D eigenvalue weighted by atomic mass is 10.1. The van der Waals surface area contributed by atoms with Crippen molar-refractivity contribution in [1.29, 1.82) is 0 Å². The molecule has 0 radical (unpaired) electrons. The fourth-order valence-electron chi connectivity index (χ4n) is 2.40. The minimum absolute atomic E-state index is 0.00850. The highest BCUT2D eigenvalue weighted by Gasteiger charge is 2.25. The van der Waals surface area contributed by atoms with Crippen molar-refractivity contribution < 1.29 is 14.4 Å². The number of allylic oxidation sites excluding steroid dienone is 1. The molecule has 1 fully saturated rings. The number of carbonyl (C=O) groups is 3. The van der Waals surface area contributed by atoms with Gasteiger partial charge in [0.25, 0.3) is 11.8 Å². The Hall–Kier alpha value is -3.09. The molecule has 1 heterocycles. The molecule has 0 unspecified atom stereocenters. The van der Waals surface area contributed by atoms with Crippen LogP contribution >= 0.6 is 23.8 Å². The maximum atomic E-state index is 12.2. The first-order valence-corrected chi connectivity index (χ1v) is 8.68. The van der Waals surface area contributed by atoms with E-state index in [1.54, 1.807) is 54.6 Å². The van der Waals surface area contributed by atoms with Gasteiger partial charge < -0.3 is 0 Å². The zero-order valence-corrected chi connectivity index (χ0v) is 15.4. The van der Waals surface area contributed by atoms with Crippen LogP contribution in [0.1, 0.15) is 21.5 Å². The molecule has 1 saturated heterocycles. The first kappa shape index (κ1) is 18.7. The van der Waals surface area contributed by atoms with Gasteiger partial charge in [0.05, 0.1) is 5.02 Å². The van der Waals surface area contributed by atoms with Gasteiger partial charge in [0.2, 0.25) is 0 Å². The standard InChI is InChI=1S/C20H13ClN2O3S/c21-16-4-2-1-3-14(16)17(24)10-9-12-5-7-13(8-6-12)11-15-18(25)22-20(27)23-19(15)26/h1-11H,(H2,22,23,25,26,27)/b10-9+. The number of ketones is 1. The summed E-state index contributed by atoms with van der Waals surface area (Å²) in [6, 6.07) is 13.8. The molecular weight excluding hydrogens is 384 g/mol. The fourth-order valence-corrected chi connectivity index (χ4v) is 2.81. The van der Waals surface area contributed by atoms with E-state index >= 15 is 0 Å². The molecule has 3 rings (SSSR count). The van der Waals surface area contributed by atoms with Crippen LogP contribution in [0.3, 0.4) is 0 Å². The maximum Gasteiger partial charge on any atom is 0.263 e. The molecule has 27 heavy (non-hydrogen) atoms. The van der Waals surface area contributed by atoms with Gasteiger partial charge in [-0.1, -0.05) is 54.1 Å². The molecule has 0 atom stereocenters. The lowest BCUT2D eigenvalue weighted by Gasteiger charge is -2.16. The first-order chi connectivity index (χ1) is 12.9. The van der Waals surface area contributed by atoms with Crippen molar-refractivity contribution >= 4 is 58.7 Å². The highest BCUT2D eigenvalue weighted by atomic mass is 35.5. The zero-order chi connectivity index (χ0) is 19.4. The van der Waals surface area contributed by atoms with Crippen LogP contribution in [0.25, 0.3) is 12.2 Å². The monoisotopic (exact) mass is 396 g/mol. The van der Waals surface area contributed by atoms with Crippen molar-refractivity contribution in [3.8, 4) is 0 Å². The van der Waals surface area contributed by atoms with Gasteiger partial charge in [-0.3, -0.25) is 25.0 Å². The van der Waals surface area contributed by atoms with Gasteiger partial charge in [-0.25, -0.2) is 0 Å². The average Bonchev–Trinajstić information content (AvgIpc) is 2.64. The summed E-state index contributed by atoms with van der Waals surface area (Å²) < 4.78 is 0. The summed E-state index contributed by atoms with van der Waals surface area (Å²) in [5.41, 5.74) is 1.86. The van der Waals surface area contributed by atoms with E-state index in [4.69, 9.17) is 23.8 Å². The third-order valence-electron chi connectivity index (χ3n) is 3.76. The fraction of sp³-hybridized carbons (Fsp3) is 0. The number of hydrogen-bond donors (Lipinski definition) is 2.